The van der Waals surface area contributed by atoms with Gasteiger partial charge in [0.2, 0.25) is 11.8 Å². The van der Waals surface area contributed by atoms with Gasteiger partial charge in [-0.25, -0.2) is 0 Å². The van der Waals surface area contributed by atoms with Crippen LogP contribution < -0.4 is 0 Å². The second-order valence-corrected chi connectivity index (χ2v) is 8.34. The van der Waals surface area contributed by atoms with E-state index in [9.17, 15) is 9.59 Å². The molecule has 2 amide bonds. The Morgan fingerprint density at radius 1 is 1.07 bits per heavy atom. The topological polar surface area (TPSA) is 58.4 Å². The average molecular weight is 375 g/mol. The lowest BCUT2D eigenvalue weighted by Gasteiger charge is -2.35. The van der Waals surface area contributed by atoms with Crippen molar-refractivity contribution in [2.75, 3.05) is 26.2 Å². The summed E-state index contributed by atoms with van der Waals surface area (Å²) in [6.07, 6.45) is 6.94. The first-order valence-electron chi connectivity index (χ1n) is 10.5. The van der Waals surface area contributed by atoms with E-state index in [1.807, 2.05) is 41.3 Å². The fourth-order valence-corrected chi connectivity index (χ4v) is 4.52. The van der Waals surface area contributed by atoms with Gasteiger partial charge in [-0.2, -0.15) is 5.10 Å². The second kappa shape index (κ2) is 8.89. The second-order valence-electron chi connectivity index (χ2n) is 8.34. The quantitative estimate of drug-likeness (QED) is 0.814. The number of rotatable bonds is 4. The molecule has 0 radical (unpaired) electrons. The van der Waals surface area contributed by atoms with Gasteiger partial charge in [0.25, 0.3) is 0 Å². The van der Waals surface area contributed by atoms with Gasteiger partial charge in [0.15, 0.2) is 0 Å². The summed E-state index contributed by atoms with van der Waals surface area (Å²) in [5.74, 6) is 0.384. The number of piperidine rings is 1. The first-order chi connectivity index (χ1) is 13.0. The normalized spacial score (nSPS) is 22.4. The minimum absolute atomic E-state index is 0.0233. The van der Waals surface area contributed by atoms with Gasteiger partial charge in [0.1, 0.15) is 0 Å². The third-order valence-corrected chi connectivity index (χ3v) is 5.97. The molecular weight excluding hydrogens is 340 g/mol. The fraction of sp³-hybridized carbons (Fsp3) is 0.762. The molecule has 0 N–H and O–H groups in total. The third kappa shape index (κ3) is 4.90. The number of hydrogen-bond acceptors (Lipinski definition) is 3. The van der Waals surface area contributed by atoms with E-state index in [-0.39, 0.29) is 23.8 Å². The highest BCUT2D eigenvalue weighted by atomic mass is 16.2. The number of amides is 2. The van der Waals surface area contributed by atoms with Crippen LogP contribution in [0.1, 0.15) is 69.3 Å². The Bertz CT molecular complexity index is 661. The Balaban J connectivity index is 1.57. The lowest BCUT2D eigenvalue weighted by molar-refractivity contribution is -0.141. The van der Waals surface area contributed by atoms with Gasteiger partial charge in [-0.15, -0.1) is 0 Å². The smallest absolute Gasteiger partial charge is 0.227 e. The number of aryl methyl sites for hydroxylation is 2. The molecule has 0 aliphatic carbocycles. The van der Waals surface area contributed by atoms with E-state index in [1.54, 1.807) is 0 Å². The standard InChI is InChI=1S/C21H34N4O2/c1-16-13-17(2)25(22-16)18(3)14-20(26)24-12-8-9-19(15-24)21(27)23-10-6-4-5-7-11-23/h13,18-19H,4-12,14-15H2,1-3H3. The Morgan fingerprint density at radius 3 is 2.37 bits per heavy atom. The number of aromatic nitrogens is 2. The molecule has 6 nitrogen and oxygen atoms in total. The lowest BCUT2D eigenvalue weighted by atomic mass is 9.95. The number of hydrogen-bond donors (Lipinski definition) is 0. The summed E-state index contributed by atoms with van der Waals surface area (Å²) in [4.78, 5) is 29.8. The highest BCUT2D eigenvalue weighted by Crippen LogP contribution is 2.23. The van der Waals surface area contributed by atoms with Crippen molar-refractivity contribution in [2.24, 2.45) is 5.92 Å². The molecule has 0 saturated carbocycles. The van der Waals surface area contributed by atoms with E-state index in [2.05, 4.69) is 5.10 Å². The molecule has 27 heavy (non-hydrogen) atoms. The van der Waals surface area contributed by atoms with Crippen LogP contribution in [0.15, 0.2) is 6.07 Å². The number of carbonyl (C=O) groups excluding carboxylic acids is 2. The van der Waals surface area contributed by atoms with Crippen molar-refractivity contribution in [1.82, 2.24) is 19.6 Å². The maximum Gasteiger partial charge on any atom is 0.227 e. The molecule has 2 aliphatic heterocycles. The SMILES string of the molecule is Cc1cc(C)n(C(C)CC(=O)N2CCCC(C(=O)N3CCCCCC3)C2)n1. The summed E-state index contributed by atoms with van der Waals surface area (Å²) < 4.78 is 1.94. The molecule has 150 valence electrons. The summed E-state index contributed by atoms with van der Waals surface area (Å²) in [7, 11) is 0. The van der Waals surface area contributed by atoms with Crippen molar-refractivity contribution in [3.05, 3.63) is 17.5 Å². The van der Waals surface area contributed by atoms with Crippen molar-refractivity contribution in [3.63, 3.8) is 0 Å². The Kier molecular flexibility index (Phi) is 6.55. The van der Waals surface area contributed by atoms with Crippen molar-refractivity contribution in [1.29, 1.82) is 0 Å². The molecule has 6 heteroatoms. The van der Waals surface area contributed by atoms with Gasteiger partial charge in [-0.3, -0.25) is 14.3 Å². The highest BCUT2D eigenvalue weighted by molar-refractivity contribution is 5.81. The first kappa shape index (κ1) is 19.9. The fourth-order valence-electron chi connectivity index (χ4n) is 4.52. The van der Waals surface area contributed by atoms with E-state index in [1.165, 1.54) is 12.8 Å². The van der Waals surface area contributed by atoms with Gasteiger partial charge in [0.05, 0.1) is 17.7 Å². The lowest BCUT2D eigenvalue weighted by Crippen LogP contribution is -2.47. The van der Waals surface area contributed by atoms with Crippen LogP contribution in [0.2, 0.25) is 0 Å². The average Bonchev–Trinajstić information content (AvgIpc) is 2.86. The summed E-state index contributed by atoms with van der Waals surface area (Å²) in [6, 6.07) is 2.07. The molecule has 2 unspecified atom stereocenters. The van der Waals surface area contributed by atoms with Gasteiger partial charge < -0.3 is 9.80 Å². The monoisotopic (exact) mass is 374 g/mol. The molecule has 2 atom stereocenters. The molecule has 2 saturated heterocycles. The van der Waals surface area contributed by atoms with Crippen LogP contribution in [0.3, 0.4) is 0 Å². The van der Waals surface area contributed by atoms with Crippen molar-refractivity contribution in [3.8, 4) is 0 Å². The Labute approximate surface area is 162 Å². The van der Waals surface area contributed by atoms with E-state index >= 15 is 0 Å². The van der Waals surface area contributed by atoms with Gasteiger partial charge in [-0.05, 0) is 52.5 Å². The van der Waals surface area contributed by atoms with Gasteiger partial charge in [-0.1, -0.05) is 12.8 Å². The molecule has 3 heterocycles. The van der Waals surface area contributed by atoms with E-state index < -0.39 is 0 Å². The van der Waals surface area contributed by atoms with Crippen LogP contribution in [0.5, 0.6) is 0 Å². The summed E-state index contributed by atoms with van der Waals surface area (Å²) >= 11 is 0. The molecule has 0 aromatic carbocycles. The number of carbonyl (C=O) groups is 2. The minimum atomic E-state index is -0.0233. The molecule has 1 aromatic rings. The predicted octanol–water partition coefficient (Wildman–Crippen LogP) is 3.09. The Hall–Kier alpha value is -1.85. The molecule has 2 fully saturated rings. The van der Waals surface area contributed by atoms with Crippen LogP contribution in [0.4, 0.5) is 0 Å². The molecule has 2 aliphatic rings. The third-order valence-electron chi connectivity index (χ3n) is 5.97. The van der Waals surface area contributed by atoms with E-state index in [0.29, 0.717) is 13.0 Å². The predicted molar refractivity (Wildman–Crippen MR) is 105 cm³/mol. The Morgan fingerprint density at radius 2 is 1.74 bits per heavy atom. The number of likely N-dealkylation sites (tertiary alicyclic amines) is 2. The van der Waals surface area contributed by atoms with Gasteiger partial charge in [0, 0.05) is 38.3 Å². The van der Waals surface area contributed by atoms with Crippen LogP contribution in [0, 0.1) is 19.8 Å². The summed E-state index contributed by atoms with van der Waals surface area (Å²) in [5.41, 5.74) is 2.06. The van der Waals surface area contributed by atoms with Crippen LogP contribution in [0.25, 0.3) is 0 Å². The largest absolute Gasteiger partial charge is 0.342 e. The van der Waals surface area contributed by atoms with Crippen LogP contribution in [-0.2, 0) is 9.59 Å². The van der Waals surface area contributed by atoms with Gasteiger partial charge >= 0.3 is 0 Å². The highest BCUT2D eigenvalue weighted by Gasteiger charge is 2.32. The number of nitrogens with zero attached hydrogens (tertiary/aromatic N) is 4. The summed E-state index contributed by atoms with van der Waals surface area (Å²) in [5, 5.41) is 4.51. The maximum atomic E-state index is 12.9. The minimum Gasteiger partial charge on any atom is -0.342 e. The zero-order valence-electron chi connectivity index (χ0n) is 17.1. The van der Waals surface area contributed by atoms with Crippen molar-refractivity contribution < 1.29 is 9.59 Å². The first-order valence-corrected chi connectivity index (χ1v) is 10.5. The zero-order chi connectivity index (χ0) is 19.4. The van der Waals surface area contributed by atoms with Crippen LogP contribution >= 0.6 is 0 Å². The van der Waals surface area contributed by atoms with Crippen LogP contribution in [-0.4, -0.2) is 57.6 Å². The maximum absolute atomic E-state index is 12.9. The van der Waals surface area contributed by atoms with E-state index in [4.69, 9.17) is 0 Å². The molecule has 3 rings (SSSR count). The molecule has 0 bridgehead atoms. The summed E-state index contributed by atoms with van der Waals surface area (Å²) in [6.45, 7) is 9.17. The van der Waals surface area contributed by atoms with Crippen molar-refractivity contribution >= 4 is 11.8 Å². The van der Waals surface area contributed by atoms with E-state index in [0.717, 1.165) is 56.7 Å². The molecule has 1 aromatic heterocycles. The molecular formula is C21H34N4O2. The van der Waals surface area contributed by atoms with Crippen molar-refractivity contribution in [2.45, 2.75) is 71.8 Å². The molecule has 0 spiro atoms. The zero-order valence-corrected chi connectivity index (χ0v) is 17.1.